The molecule has 0 aromatic carbocycles. The van der Waals surface area contributed by atoms with Crippen LogP contribution in [0.1, 0.15) is 10.5 Å². The van der Waals surface area contributed by atoms with Crippen LogP contribution in [0.3, 0.4) is 0 Å². The van der Waals surface area contributed by atoms with Crippen LogP contribution in [0, 0.1) is 0 Å². The lowest BCUT2D eigenvalue weighted by Gasteiger charge is -1.84. The molecule has 0 saturated heterocycles. The molecule has 0 aliphatic carbocycles. The Kier molecular flexibility index (Phi) is 1.44. The van der Waals surface area contributed by atoms with Gasteiger partial charge in [0.2, 0.25) is 5.82 Å². The maximum Gasteiger partial charge on any atom is 0.269 e. The molecule has 6 nitrogen and oxygen atoms in total. The molecular formula is C4H6N5O+. The molecule has 0 saturated carbocycles. The number of H-pyrrole nitrogens is 1. The SMILES string of the molecule is NC(=O)c1[nH]cnc1N=[NH2+]. The second-order valence-electron chi connectivity index (χ2n) is 1.59. The summed E-state index contributed by atoms with van der Waals surface area (Å²) in [5.74, 6) is -0.491. The molecule has 1 aromatic rings. The summed E-state index contributed by atoms with van der Waals surface area (Å²) < 4.78 is 0. The minimum absolute atomic E-state index is 0.127. The Morgan fingerprint density at radius 2 is 2.60 bits per heavy atom. The van der Waals surface area contributed by atoms with Crippen molar-refractivity contribution in [2.45, 2.75) is 0 Å². The first-order valence-electron chi connectivity index (χ1n) is 2.50. The van der Waals surface area contributed by atoms with Crippen LogP contribution in [0.5, 0.6) is 0 Å². The number of nitrogens with one attached hydrogen (secondary N) is 1. The Balaban J connectivity index is 3.13. The number of aromatic nitrogens is 2. The van der Waals surface area contributed by atoms with Gasteiger partial charge in [0.15, 0.2) is 5.69 Å². The lowest BCUT2D eigenvalue weighted by Crippen LogP contribution is -2.23. The van der Waals surface area contributed by atoms with E-state index < -0.39 is 5.91 Å². The minimum Gasteiger partial charge on any atom is -0.364 e. The summed E-state index contributed by atoms with van der Waals surface area (Å²) in [6.07, 6.45) is 1.30. The summed E-state index contributed by atoms with van der Waals surface area (Å²) in [4.78, 5) is 16.6. The standard InChI is InChI=1S/C4H5N5O/c5-3(10)2-4(9-6)8-1-7-2/h1,6H,(H2,5,10)(H,7,8)/p+1. The number of amides is 1. The van der Waals surface area contributed by atoms with Crippen molar-refractivity contribution < 1.29 is 10.3 Å². The zero-order valence-electron chi connectivity index (χ0n) is 5.03. The number of carbonyl (C=O) groups is 1. The van der Waals surface area contributed by atoms with E-state index in [9.17, 15) is 4.79 Å². The summed E-state index contributed by atoms with van der Waals surface area (Å²) in [5.41, 5.74) is 9.90. The van der Waals surface area contributed by atoms with E-state index >= 15 is 0 Å². The molecule has 0 fully saturated rings. The molecule has 1 aromatic heterocycles. The van der Waals surface area contributed by atoms with E-state index in [-0.39, 0.29) is 11.5 Å². The van der Waals surface area contributed by atoms with Gasteiger partial charge in [0.1, 0.15) is 0 Å². The number of nitrogens with zero attached hydrogens (tertiary/aromatic N) is 2. The number of nitrogens with two attached hydrogens (primary N) is 2. The molecule has 0 atom stereocenters. The van der Waals surface area contributed by atoms with Crippen molar-refractivity contribution in [1.29, 1.82) is 0 Å². The molecule has 0 unspecified atom stereocenters. The van der Waals surface area contributed by atoms with Crippen molar-refractivity contribution in [3.05, 3.63) is 12.0 Å². The fourth-order valence-electron chi connectivity index (χ4n) is 0.566. The second kappa shape index (κ2) is 2.26. The molecule has 1 amide bonds. The largest absolute Gasteiger partial charge is 0.364 e. The molecule has 1 heterocycles. The number of imidazole rings is 1. The fourth-order valence-corrected chi connectivity index (χ4v) is 0.566. The Bertz CT molecular complexity index is 264. The van der Waals surface area contributed by atoms with Crippen molar-refractivity contribution in [3.8, 4) is 0 Å². The van der Waals surface area contributed by atoms with Crippen molar-refractivity contribution in [2.75, 3.05) is 0 Å². The highest BCUT2D eigenvalue weighted by Crippen LogP contribution is 2.09. The van der Waals surface area contributed by atoms with Crippen LogP contribution in [0.2, 0.25) is 0 Å². The van der Waals surface area contributed by atoms with E-state index in [2.05, 4.69) is 15.1 Å². The van der Waals surface area contributed by atoms with Gasteiger partial charge in [0.25, 0.3) is 5.91 Å². The van der Waals surface area contributed by atoms with Crippen molar-refractivity contribution in [2.24, 2.45) is 10.8 Å². The highest BCUT2D eigenvalue weighted by Gasteiger charge is 2.10. The van der Waals surface area contributed by atoms with Gasteiger partial charge >= 0.3 is 0 Å². The molecular weight excluding hydrogens is 134 g/mol. The van der Waals surface area contributed by atoms with Crippen molar-refractivity contribution in [1.82, 2.24) is 9.97 Å². The molecule has 52 valence electrons. The van der Waals surface area contributed by atoms with Gasteiger partial charge in [0, 0.05) is 5.11 Å². The van der Waals surface area contributed by atoms with Gasteiger partial charge in [0.05, 0.1) is 6.33 Å². The second-order valence-corrected chi connectivity index (χ2v) is 1.59. The average Bonchev–Trinajstić information content (AvgIpc) is 2.33. The summed E-state index contributed by atoms with van der Waals surface area (Å²) in [5, 5.41) is 3.21. The van der Waals surface area contributed by atoms with Gasteiger partial charge in [-0.05, 0) is 0 Å². The highest BCUT2D eigenvalue weighted by molar-refractivity contribution is 5.94. The predicted molar refractivity (Wildman–Crippen MR) is 31.1 cm³/mol. The summed E-state index contributed by atoms with van der Waals surface area (Å²) in [6, 6.07) is 0. The Morgan fingerprint density at radius 1 is 1.90 bits per heavy atom. The van der Waals surface area contributed by atoms with Crippen molar-refractivity contribution >= 4 is 11.7 Å². The molecule has 10 heavy (non-hydrogen) atoms. The number of hydrogen-bond acceptors (Lipinski definition) is 3. The average molecular weight is 140 g/mol. The van der Waals surface area contributed by atoms with Crippen LogP contribution in [0.4, 0.5) is 5.82 Å². The molecule has 0 aliphatic rings. The van der Waals surface area contributed by atoms with E-state index in [4.69, 9.17) is 11.3 Å². The van der Waals surface area contributed by atoms with Crippen molar-refractivity contribution in [3.63, 3.8) is 0 Å². The van der Waals surface area contributed by atoms with Crippen LogP contribution in [-0.2, 0) is 0 Å². The van der Waals surface area contributed by atoms with E-state index in [0.29, 0.717) is 0 Å². The third-order valence-electron chi connectivity index (χ3n) is 0.988. The first kappa shape index (κ1) is 6.40. The van der Waals surface area contributed by atoms with E-state index in [1.807, 2.05) is 0 Å². The van der Waals surface area contributed by atoms with Crippen LogP contribution < -0.4 is 11.3 Å². The molecule has 0 aliphatic heterocycles. The van der Waals surface area contributed by atoms with Crippen LogP contribution in [0.25, 0.3) is 0 Å². The maximum atomic E-state index is 10.5. The molecule has 1 rings (SSSR count). The Hall–Kier alpha value is -1.72. The van der Waals surface area contributed by atoms with Crippen LogP contribution in [-0.4, -0.2) is 15.9 Å². The number of rotatable bonds is 2. The zero-order chi connectivity index (χ0) is 7.56. The summed E-state index contributed by atoms with van der Waals surface area (Å²) in [6.45, 7) is 0. The van der Waals surface area contributed by atoms with Gasteiger partial charge in [-0.2, -0.15) is 5.53 Å². The lowest BCUT2D eigenvalue weighted by atomic mass is 10.4. The van der Waals surface area contributed by atoms with E-state index in [1.54, 1.807) is 0 Å². The third-order valence-corrected chi connectivity index (χ3v) is 0.988. The molecule has 0 spiro atoms. The van der Waals surface area contributed by atoms with Gasteiger partial charge in [-0.3, -0.25) is 4.79 Å². The lowest BCUT2D eigenvalue weighted by molar-refractivity contribution is -0.211. The molecule has 6 heteroatoms. The summed E-state index contributed by atoms with van der Waals surface area (Å²) >= 11 is 0. The van der Waals surface area contributed by atoms with E-state index in [1.165, 1.54) is 6.33 Å². The number of hydrogen-bond donors (Lipinski definition) is 3. The quantitative estimate of drug-likeness (QED) is 0.428. The smallest absolute Gasteiger partial charge is 0.269 e. The van der Waals surface area contributed by atoms with Gasteiger partial charge in [-0.15, -0.1) is 0 Å². The number of carbonyl (C=O) groups excluding carboxylic acids is 1. The fraction of sp³-hybridized carbons (Fsp3) is 0. The third kappa shape index (κ3) is 0.859. The van der Waals surface area contributed by atoms with E-state index in [0.717, 1.165) is 0 Å². The first-order valence-corrected chi connectivity index (χ1v) is 2.50. The first-order chi connectivity index (χ1) is 4.75. The Labute approximate surface area is 56.0 Å². The highest BCUT2D eigenvalue weighted by atomic mass is 16.1. The van der Waals surface area contributed by atoms with Gasteiger partial charge in [-0.1, -0.05) is 0 Å². The number of aromatic amines is 1. The topological polar surface area (TPSA) is 110 Å². The van der Waals surface area contributed by atoms with Crippen LogP contribution in [0.15, 0.2) is 11.4 Å². The minimum atomic E-state index is -0.623. The van der Waals surface area contributed by atoms with Gasteiger partial charge < -0.3 is 10.7 Å². The zero-order valence-corrected chi connectivity index (χ0v) is 5.03. The monoisotopic (exact) mass is 140 g/mol. The summed E-state index contributed by atoms with van der Waals surface area (Å²) in [7, 11) is 0. The van der Waals surface area contributed by atoms with Crippen LogP contribution >= 0.6 is 0 Å². The van der Waals surface area contributed by atoms with Gasteiger partial charge in [-0.25, -0.2) is 4.98 Å². The molecule has 0 radical (unpaired) electrons. The molecule has 0 bridgehead atoms. The Morgan fingerprint density at radius 3 is 3.00 bits per heavy atom. The molecule has 5 N–H and O–H groups in total. The number of primary amides is 1. The predicted octanol–water partition coefficient (Wildman–Crippen LogP) is -1.65. The maximum absolute atomic E-state index is 10.5. The normalized spacial score (nSPS) is 9.20.